The Labute approximate surface area is 206 Å². The SMILES string of the molecule is Cc1cc(Cl)ccc1NCc1nnc(SCC(=O)Nc2ccccc2Cl)n1-c1ccccc1. The molecule has 0 fully saturated rings. The third kappa shape index (κ3) is 5.87. The molecule has 0 aliphatic heterocycles. The van der Waals surface area contributed by atoms with E-state index in [1.54, 1.807) is 12.1 Å². The molecule has 168 valence electrons. The Hall–Kier alpha value is -3.00. The first-order valence-electron chi connectivity index (χ1n) is 10.2. The van der Waals surface area contributed by atoms with E-state index >= 15 is 0 Å². The fraction of sp³-hybridized carbons (Fsp3) is 0.125. The van der Waals surface area contributed by atoms with Crippen molar-refractivity contribution in [3.05, 3.63) is 94.2 Å². The van der Waals surface area contributed by atoms with Crippen LogP contribution in [0.1, 0.15) is 11.4 Å². The molecule has 2 N–H and O–H groups in total. The van der Waals surface area contributed by atoms with Crippen molar-refractivity contribution in [3.63, 3.8) is 0 Å². The van der Waals surface area contributed by atoms with Gasteiger partial charge < -0.3 is 10.6 Å². The van der Waals surface area contributed by atoms with Crippen molar-refractivity contribution in [2.75, 3.05) is 16.4 Å². The van der Waals surface area contributed by atoms with E-state index in [1.165, 1.54) is 11.8 Å². The van der Waals surface area contributed by atoms with Gasteiger partial charge in [0.15, 0.2) is 11.0 Å². The van der Waals surface area contributed by atoms with Crippen molar-refractivity contribution < 1.29 is 4.79 Å². The van der Waals surface area contributed by atoms with Crippen LogP contribution in [0.15, 0.2) is 78.0 Å². The molecular weight excluding hydrogens is 477 g/mol. The lowest BCUT2D eigenvalue weighted by Crippen LogP contribution is -2.15. The zero-order valence-electron chi connectivity index (χ0n) is 17.8. The number of aromatic nitrogens is 3. The van der Waals surface area contributed by atoms with Gasteiger partial charge in [0.05, 0.1) is 23.0 Å². The topological polar surface area (TPSA) is 71.8 Å². The van der Waals surface area contributed by atoms with Crippen molar-refractivity contribution in [1.29, 1.82) is 0 Å². The van der Waals surface area contributed by atoms with Gasteiger partial charge in [-0.15, -0.1) is 10.2 Å². The summed E-state index contributed by atoms with van der Waals surface area (Å²) in [5, 5.41) is 16.8. The number of nitrogens with one attached hydrogen (secondary N) is 2. The number of benzene rings is 3. The monoisotopic (exact) mass is 497 g/mol. The van der Waals surface area contributed by atoms with E-state index in [0.717, 1.165) is 22.8 Å². The van der Waals surface area contributed by atoms with Gasteiger partial charge in [-0.25, -0.2) is 0 Å². The molecule has 0 aliphatic carbocycles. The highest BCUT2D eigenvalue weighted by Gasteiger charge is 2.16. The van der Waals surface area contributed by atoms with Gasteiger partial charge in [0.1, 0.15) is 0 Å². The highest BCUT2D eigenvalue weighted by atomic mass is 35.5. The van der Waals surface area contributed by atoms with E-state index < -0.39 is 0 Å². The lowest BCUT2D eigenvalue weighted by Gasteiger charge is -2.13. The van der Waals surface area contributed by atoms with E-state index in [2.05, 4.69) is 20.8 Å². The summed E-state index contributed by atoms with van der Waals surface area (Å²) in [6.07, 6.45) is 0. The fourth-order valence-electron chi connectivity index (χ4n) is 3.22. The van der Waals surface area contributed by atoms with E-state index in [4.69, 9.17) is 23.2 Å². The molecular formula is C24H21Cl2N5OS. The Morgan fingerprint density at radius 2 is 1.73 bits per heavy atom. The minimum absolute atomic E-state index is 0.167. The highest BCUT2D eigenvalue weighted by molar-refractivity contribution is 7.99. The number of carbonyl (C=O) groups is 1. The summed E-state index contributed by atoms with van der Waals surface area (Å²) in [6, 6.07) is 22.6. The molecule has 0 atom stereocenters. The number of thioether (sulfide) groups is 1. The summed E-state index contributed by atoms with van der Waals surface area (Å²) in [6.45, 7) is 2.45. The van der Waals surface area contributed by atoms with Crippen molar-refractivity contribution in [1.82, 2.24) is 14.8 Å². The zero-order chi connectivity index (χ0) is 23.2. The first kappa shape index (κ1) is 23.2. The average molecular weight is 498 g/mol. The Morgan fingerprint density at radius 3 is 2.48 bits per heavy atom. The number of carbonyl (C=O) groups excluding carboxylic acids is 1. The Kier molecular flexibility index (Phi) is 7.54. The Bertz CT molecular complexity index is 1260. The maximum absolute atomic E-state index is 12.5. The minimum Gasteiger partial charge on any atom is -0.378 e. The molecule has 0 aliphatic rings. The maximum Gasteiger partial charge on any atom is 0.234 e. The van der Waals surface area contributed by atoms with Gasteiger partial charge >= 0.3 is 0 Å². The Morgan fingerprint density at radius 1 is 0.970 bits per heavy atom. The third-order valence-corrected chi connectivity index (χ3v) is 6.31. The van der Waals surface area contributed by atoms with Crippen LogP contribution in [0.4, 0.5) is 11.4 Å². The highest BCUT2D eigenvalue weighted by Crippen LogP contribution is 2.25. The number of hydrogen-bond donors (Lipinski definition) is 2. The van der Waals surface area contributed by atoms with Crippen LogP contribution in [-0.4, -0.2) is 26.4 Å². The number of nitrogens with zero attached hydrogens (tertiary/aromatic N) is 3. The van der Waals surface area contributed by atoms with Crippen LogP contribution in [0.25, 0.3) is 5.69 Å². The van der Waals surface area contributed by atoms with E-state index in [0.29, 0.717) is 27.4 Å². The van der Waals surface area contributed by atoms with Crippen LogP contribution in [0.2, 0.25) is 10.0 Å². The number of rotatable bonds is 8. The molecule has 33 heavy (non-hydrogen) atoms. The summed E-state index contributed by atoms with van der Waals surface area (Å²) in [7, 11) is 0. The maximum atomic E-state index is 12.5. The summed E-state index contributed by atoms with van der Waals surface area (Å²) in [4.78, 5) is 12.5. The minimum atomic E-state index is -0.174. The average Bonchev–Trinajstić information content (AvgIpc) is 3.22. The van der Waals surface area contributed by atoms with E-state index in [-0.39, 0.29) is 11.7 Å². The second kappa shape index (κ2) is 10.7. The van der Waals surface area contributed by atoms with E-state index in [9.17, 15) is 4.79 Å². The van der Waals surface area contributed by atoms with Crippen LogP contribution >= 0.6 is 35.0 Å². The number of hydrogen-bond acceptors (Lipinski definition) is 5. The van der Waals surface area contributed by atoms with Gasteiger partial charge in [0.25, 0.3) is 0 Å². The lowest BCUT2D eigenvalue weighted by atomic mass is 10.2. The standard InChI is InChI=1S/C24H21Cl2N5OS/c1-16-13-17(25)11-12-20(16)27-14-22-29-30-24(31(22)18-7-3-2-4-8-18)33-15-23(32)28-21-10-6-5-9-19(21)26/h2-13,27H,14-15H2,1H3,(H,28,32). The summed E-state index contributed by atoms with van der Waals surface area (Å²) >= 11 is 13.5. The normalized spacial score (nSPS) is 10.8. The summed E-state index contributed by atoms with van der Waals surface area (Å²) in [5.74, 6) is 0.719. The second-order valence-corrected chi connectivity index (χ2v) is 8.99. The Balaban J connectivity index is 1.51. The molecule has 4 aromatic rings. The van der Waals surface area contributed by atoms with Crippen LogP contribution in [0, 0.1) is 6.92 Å². The van der Waals surface area contributed by atoms with Crippen molar-refractivity contribution in [2.24, 2.45) is 0 Å². The summed E-state index contributed by atoms with van der Waals surface area (Å²) < 4.78 is 1.95. The molecule has 0 bridgehead atoms. The second-order valence-electron chi connectivity index (χ2n) is 7.20. The molecule has 0 radical (unpaired) electrons. The predicted octanol–water partition coefficient (Wildman–Crippen LogP) is 6.23. The zero-order valence-corrected chi connectivity index (χ0v) is 20.1. The molecule has 3 aromatic carbocycles. The van der Waals surface area contributed by atoms with Crippen molar-refractivity contribution in [2.45, 2.75) is 18.6 Å². The van der Waals surface area contributed by atoms with Crippen molar-refractivity contribution >= 4 is 52.2 Å². The van der Waals surface area contributed by atoms with Gasteiger partial charge in [0, 0.05) is 16.4 Å². The molecule has 0 saturated heterocycles. The molecule has 9 heteroatoms. The number of aryl methyl sites for hydroxylation is 1. The first-order chi connectivity index (χ1) is 16.0. The molecule has 4 rings (SSSR count). The van der Waals surface area contributed by atoms with Gasteiger partial charge in [-0.05, 0) is 55.0 Å². The molecule has 1 amide bonds. The molecule has 6 nitrogen and oxygen atoms in total. The van der Waals surface area contributed by atoms with Gasteiger partial charge in [-0.3, -0.25) is 9.36 Å². The first-order valence-corrected chi connectivity index (χ1v) is 11.9. The van der Waals surface area contributed by atoms with Crippen LogP contribution in [0.5, 0.6) is 0 Å². The number of halogens is 2. The van der Waals surface area contributed by atoms with Gasteiger partial charge in [-0.2, -0.15) is 0 Å². The van der Waals surface area contributed by atoms with Gasteiger partial charge in [0.2, 0.25) is 5.91 Å². The molecule has 1 heterocycles. The number of anilines is 2. The van der Waals surface area contributed by atoms with Crippen LogP contribution in [-0.2, 0) is 11.3 Å². The van der Waals surface area contributed by atoms with Crippen molar-refractivity contribution in [3.8, 4) is 5.69 Å². The fourth-order valence-corrected chi connectivity index (χ4v) is 4.40. The quantitative estimate of drug-likeness (QED) is 0.282. The molecule has 0 saturated carbocycles. The third-order valence-electron chi connectivity index (χ3n) is 4.82. The predicted molar refractivity (Wildman–Crippen MR) is 136 cm³/mol. The molecule has 1 aromatic heterocycles. The number of amides is 1. The molecule has 0 spiro atoms. The summed E-state index contributed by atoms with van der Waals surface area (Å²) in [5.41, 5.74) is 3.51. The lowest BCUT2D eigenvalue weighted by molar-refractivity contribution is -0.113. The van der Waals surface area contributed by atoms with Gasteiger partial charge in [-0.1, -0.05) is 65.3 Å². The largest absolute Gasteiger partial charge is 0.378 e. The van der Waals surface area contributed by atoms with Crippen LogP contribution in [0.3, 0.4) is 0 Å². The van der Waals surface area contributed by atoms with E-state index in [1.807, 2.05) is 72.2 Å². The molecule has 0 unspecified atom stereocenters. The number of para-hydroxylation sites is 2. The smallest absolute Gasteiger partial charge is 0.234 e. The van der Waals surface area contributed by atoms with Crippen LogP contribution < -0.4 is 10.6 Å².